The van der Waals surface area contributed by atoms with Crippen LogP contribution in [0.5, 0.6) is 0 Å². The first-order valence-electron chi connectivity index (χ1n) is 5.19. The number of hydrogen-bond donors (Lipinski definition) is 1. The largest absolute Gasteiger partial charge is 0.480 e. The van der Waals surface area contributed by atoms with Gasteiger partial charge in [0.1, 0.15) is 11.4 Å². The molecule has 1 N–H and O–H groups in total. The first kappa shape index (κ1) is 11.7. The van der Waals surface area contributed by atoms with E-state index in [2.05, 4.69) is 14.9 Å². The van der Waals surface area contributed by atoms with E-state index in [1.54, 1.807) is 6.92 Å². The van der Waals surface area contributed by atoms with E-state index in [-0.39, 0.29) is 31.8 Å². The normalized spacial score (nSPS) is 24.9. The molecule has 2 rings (SSSR count). The quantitative estimate of drug-likeness (QED) is 0.740. The zero-order valence-corrected chi connectivity index (χ0v) is 9.30. The number of carboxylic acid groups (broad SMARTS) is 1. The van der Waals surface area contributed by atoms with Crippen molar-refractivity contribution < 1.29 is 24.1 Å². The minimum atomic E-state index is -1.55. The van der Waals surface area contributed by atoms with Gasteiger partial charge in [-0.15, -0.1) is 0 Å². The summed E-state index contributed by atoms with van der Waals surface area (Å²) >= 11 is 0. The molecule has 7 heteroatoms. The first-order chi connectivity index (χ1) is 8.06. The van der Waals surface area contributed by atoms with Gasteiger partial charge in [0.25, 0.3) is 0 Å². The Morgan fingerprint density at radius 1 is 1.53 bits per heavy atom. The SMILES string of the molecule is Cc1nonc1CC1(C(=O)O)COCCC1=O. The van der Waals surface area contributed by atoms with Crippen LogP contribution in [0.1, 0.15) is 17.8 Å². The molecule has 1 aliphatic rings. The van der Waals surface area contributed by atoms with Gasteiger partial charge >= 0.3 is 5.97 Å². The molecular formula is C10H12N2O5. The van der Waals surface area contributed by atoms with Crippen molar-refractivity contribution in [1.82, 2.24) is 10.3 Å². The summed E-state index contributed by atoms with van der Waals surface area (Å²) < 4.78 is 9.63. The zero-order valence-electron chi connectivity index (χ0n) is 9.30. The monoisotopic (exact) mass is 240 g/mol. The van der Waals surface area contributed by atoms with Crippen LogP contribution in [0.15, 0.2) is 4.63 Å². The van der Waals surface area contributed by atoms with E-state index in [9.17, 15) is 14.7 Å². The number of ketones is 1. The molecule has 0 amide bonds. The van der Waals surface area contributed by atoms with Gasteiger partial charge in [0.15, 0.2) is 11.2 Å². The molecule has 1 unspecified atom stereocenters. The standard InChI is InChI=1S/C10H12N2O5/c1-6-7(12-17-11-6)4-10(9(14)15)5-16-3-2-8(10)13/h2-5H2,1H3,(H,14,15). The fraction of sp³-hybridized carbons (Fsp3) is 0.600. The molecule has 92 valence electrons. The highest BCUT2D eigenvalue weighted by Gasteiger charge is 2.49. The smallest absolute Gasteiger partial charge is 0.320 e. The number of aromatic nitrogens is 2. The Balaban J connectivity index is 2.32. The molecule has 17 heavy (non-hydrogen) atoms. The maximum absolute atomic E-state index is 11.9. The summed E-state index contributed by atoms with van der Waals surface area (Å²) in [5.74, 6) is -1.52. The lowest BCUT2D eigenvalue weighted by molar-refractivity contribution is -0.164. The van der Waals surface area contributed by atoms with Crippen molar-refractivity contribution in [2.75, 3.05) is 13.2 Å². The highest BCUT2D eigenvalue weighted by atomic mass is 16.6. The maximum atomic E-state index is 11.9. The first-order valence-corrected chi connectivity index (χ1v) is 5.19. The van der Waals surface area contributed by atoms with E-state index in [0.29, 0.717) is 11.4 Å². The van der Waals surface area contributed by atoms with Gasteiger partial charge in [-0.25, -0.2) is 4.63 Å². The average molecular weight is 240 g/mol. The van der Waals surface area contributed by atoms with Crippen molar-refractivity contribution in [3.63, 3.8) is 0 Å². The Kier molecular flexibility index (Phi) is 2.93. The van der Waals surface area contributed by atoms with Gasteiger partial charge in [-0.2, -0.15) is 0 Å². The molecule has 0 aliphatic carbocycles. The lowest BCUT2D eigenvalue weighted by atomic mass is 9.77. The third-order valence-electron chi connectivity index (χ3n) is 2.98. The number of carbonyl (C=O) groups excluding carboxylic acids is 1. The maximum Gasteiger partial charge on any atom is 0.320 e. The van der Waals surface area contributed by atoms with Crippen LogP contribution in [0, 0.1) is 12.3 Å². The highest BCUT2D eigenvalue weighted by molar-refractivity contribution is 6.04. The Morgan fingerprint density at radius 2 is 2.29 bits per heavy atom. The minimum Gasteiger partial charge on any atom is -0.480 e. The number of nitrogens with zero attached hydrogens (tertiary/aromatic N) is 2. The van der Waals surface area contributed by atoms with E-state index in [1.807, 2.05) is 0 Å². The van der Waals surface area contributed by atoms with Crippen molar-refractivity contribution >= 4 is 11.8 Å². The van der Waals surface area contributed by atoms with Crippen molar-refractivity contribution in [2.24, 2.45) is 5.41 Å². The number of carboxylic acids is 1. The van der Waals surface area contributed by atoms with Crippen LogP contribution >= 0.6 is 0 Å². The summed E-state index contributed by atoms with van der Waals surface area (Å²) in [4.78, 5) is 23.2. The van der Waals surface area contributed by atoms with Crippen LogP contribution in [0.3, 0.4) is 0 Å². The number of carbonyl (C=O) groups is 2. The van der Waals surface area contributed by atoms with Crippen LogP contribution in [0.4, 0.5) is 0 Å². The van der Waals surface area contributed by atoms with Gasteiger partial charge in [0.2, 0.25) is 0 Å². The van der Waals surface area contributed by atoms with Crippen molar-refractivity contribution in [3.05, 3.63) is 11.4 Å². The summed E-state index contributed by atoms with van der Waals surface area (Å²) in [6.45, 7) is 1.78. The Morgan fingerprint density at radius 3 is 2.82 bits per heavy atom. The van der Waals surface area contributed by atoms with Crippen molar-refractivity contribution in [3.8, 4) is 0 Å². The number of aliphatic carboxylic acids is 1. The lowest BCUT2D eigenvalue weighted by Crippen LogP contribution is -2.48. The minimum absolute atomic E-state index is 0.0451. The third-order valence-corrected chi connectivity index (χ3v) is 2.98. The zero-order chi connectivity index (χ0) is 12.5. The third kappa shape index (κ3) is 1.93. The van der Waals surface area contributed by atoms with Gasteiger partial charge in [-0.1, -0.05) is 10.3 Å². The topological polar surface area (TPSA) is 103 Å². The molecule has 1 fully saturated rings. The fourth-order valence-corrected chi connectivity index (χ4v) is 1.83. The molecule has 7 nitrogen and oxygen atoms in total. The van der Waals surface area contributed by atoms with Crippen molar-refractivity contribution in [2.45, 2.75) is 19.8 Å². The van der Waals surface area contributed by atoms with Crippen LogP contribution in [-0.2, 0) is 20.7 Å². The number of Topliss-reactive ketones (excluding diaryl/α,β-unsaturated/α-hetero) is 1. The van der Waals surface area contributed by atoms with E-state index < -0.39 is 11.4 Å². The summed E-state index contributed by atoms with van der Waals surface area (Å²) in [7, 11) is 0. The number of ether oxygens (including phenoxy) is 1. The second-order valence-electron chi connectivity index (χ2n) is 4.09. The molecular weight excluding hydrogens is 228 g/mol. The predicted molar refractivity (Wildman–Crippen MR) is 53.3 cm³/mol. The predicted octanol–water partition coefficient (Wildman–Crippen LogP) is -0.0191. The van der Waals surface area contributed by atoms with Gasteiger partial charge in [-0.3, -0.25) is 9.59 Å². The summed E-state index contributed by atoms with van der Waals surface area (Å²) in [6.07, 6.45) is 0.0626. The van der Waals surface area contributed by atoms with Crippen LogP contribution < -0.4 is 0 Å². The molecule has 1 aromatic heterocycles. The number of hydrogen-bond acceptors (Lipinski definition) is 6. The molecule has 1 atom stereocenters. The molecule has 0 spiro atoms. The lowest BCUT2D eigenvalue weighted by Gasteiger charge is -2.30. The Labute approximate surface area is 96.7 Å². The van der Waals surface area contributed by atoms with E-state index in [1.165, 1.54) is 0 Å². The summed E-state index contributed by atoms with van der Waals surface area (Å²) in [5.41, 5.74) is -0.683. The molecule has 1 aromatic rings. The van der Waals surface area contributed by atoms with E-state index >= 15 is 0 Å². The second kappa shape index (κ2) is 4.25. The fourth-order valence-electron chi connectivity index (χ4n) is 1.83. The molecule has 1 saturated heterocycles. The molecule has 1 aliphatic heterocycles. The second-order valence-corrected chi connectivity index (χ2v) is 4.09. The molecule has 2 heterocycles. The number of rotatable bonds is 3. The van der Waals surface area contributed by atoms with Crippen LogP contribution in [-0.4, -0.2) is 40.4 Å². The summed E-state index contributed by atoms with van der Waals surface area (Å²) in [6, 6.07) is 0. The van der Waals surface area contributed by atoms with Gasteiger partial charge in [0, 0.05) is 12.8 Å². The van der Waals surface area contributed by atoms with Gasteiger partial charge < -0.3 is 9.84 Å². The molecule has 0 radical (unpaired) electrons. The van der Waals surface area contributed by atoms with Gasteiger partial charge in [-0.05, 0) is 6.92 Å². The average Bonchev–Trinajstić information content (AvgIpc) is 2.67. The summed E-state index contributed by atoms with van der Waals surface area (Å²) in [5, 5.41) is 16.5. The van der Waals surface area contributed by atoms with Crippen LogP contribution in [0.25, 0.3) is 0 Å². The van der Waals surface area contributed by atoms with Crippen LogP contribution in [0.2, 0.25) is 0 Å². The Hall–Kier alpha value is -1.76. The van der Waals surface area contributed by atoms with E-state index in [0.717, 1.165) is 0 Å². The van der Waals surface area contributed by atoms with E-state index in [4.69, 9.17) is 4.74 Å². The molecule has 0 aromatic carbocycles. The Bertz CT molecular complexity index is 455. The molecule has 0 saturated carbocycles. The highest BCUT2D eigenvalue weighted by Crippen LogP contribution is 2.30. The van der Waals surface area contributed by atoms with Gasteiger partial charge in [0.05, 0.1) is 13.2 Å². The van der Waals surface area contributed by atoms with Crippen molar-refractivity contribution in [1.29, 1.82) is 0 Å². The number of aryl methyl sites for hydroxylation is 1. The molecule has 0 bridgehead atoms.